The van der Waals surface area contributed by atoms with Crippen molar-refractivity contribution in [1.29, 1.82) is 0 Å². The van der Waals surface area contributed by atoms with Gasteiger partial charge in [-0.2, -0.15) is 4.98 Å². The SMILES string of the molecule is OCCc1noc(C2C3CNC2C3)n1. The van der Waals surface area contributed by atoms with E-state index in [2.05, 4.69) is 15.5 Å². The van der Waals surface area contributed by atoms with E-state index in [9.17, 15) is 0 Å². The summed E-state index contributed by atoms with van der Waals surface area (Å²) in [4.78, 5) is 4.29. The maximum absolute atomic E-state index is 8.72. The van der Waals surface area contributed by atoms with Crippen LogP contribution in [0.1, 0.15) is 24.1 Å². The minimum absolute atomic E-state index is 0.0781. The molecule has 3 unspecified atom stereocenters. The Labute approximate surface area is 81.5 Å². The summed E-state index contributed by atoms with van der Waals surface area (Å²) in [6.07, 6.45) is 1.72. The zero-order valence-corrected chi connectivity index (χ0v) is 7.81. The van der Waals surface area contributed by atoms with Gasteiger partial charge in [0.1, 0.15) is 0 Å². The number of aliphatic hydroxyl groups excluding tert-OH is 1. The summed E-state index contributed by atoms with van der Waals surface area (Å²) in [5, 5.41) is 16.0. The van der Waals surface area contributed by atoms with Gasteiger partial charge in [0.15, 0.2) is 5.82 Å². The average molecular weight is 195 g/mol. The van der Waals surface area contributed by atoms with Crippen LogP contribution in [-0.2, 0) is 6.42 Å². The van der Waals surface area contributed by atoms with Gasteiger partial charge in [-0.3, -0.25) is 0 Å². The molecule has 76 valence electrons. The van der Waals surface area contributed by atoms with E-state index in [1.165, 1.54) is 6.42 Å². The zero-order chi connectivity index (χ0) is 9.54. The molecule has 4 rings (SSSR count). The molecule has 1 saturated carbocycles. The molecule has 1 aliphatic carbocycles. The quantitative estimate of drug-likeness (QED) is 0.691. The van der Waals surface area contributed by atoms with Gasteiger partial charge in [-0.05, 0) is 18.9 Å². The minimum atomic E-state index is 0.0781. The molecule has 3 aliphatic rings. The van der Waals surface area contributed by atoms with E-state index in [0.717, 1.165) is 12.4 Å². The molecule has 2 N–H and O–H groups in total. The number of hydrogen-bond acceptors (Lipinski definition) is 5. The van der Waals surface area contributed by atoms with Crippen molar-refractivity contribution in [3.63, 3.8) is 0 Å². The van der Waals surface area contributed by atoms with Crippen LogP contribution < -0.4 is 5.32 Å². The zero-order valence-electron chi connectivity index (χ0n) is 7.81. The summed E-state index contributed by atoms with van der Waals surface area (Å²) in [6.45, 7) is 1.15. The Kier molecular flexibility index (Phi) is 1.81. The molecular weight excluding hydrogens is 182 g/mol. The molecule has 1 aromatic heterocycles. The Morgan fingerprint density at radius 1 is 1.57 bits per heavy atom. The molecule has 14 heavy (non-hydrogen) atoms. The van der Waals surface area contributed by atoms with Crippen LogP contribution in [0.3, 0.4) is 0 Å². The monoisotopic (exact) mass is 195 g/mol. The highest BCUT2D eigenvalue weighted by atomic mass is 16.5. The molecule has 3 fully saturated rings. The van der Waals surface area contributed by atoms with E-state index in [-0.39, 0.29) is 6.61 Å². The minimum Gasteiger partial charge on any atom is -0.396 e. The van der Waals surface area contributed by atoms with E-state index < -0.39 is 0 Å². The summed E-state index contributed by atoms with van der Waals surface area (Å²) < 4.78 is 5.19. The van der Waals surface area contributed by atoms with Gasteiger partial charge in [-0.25, -0.2) is 0 Å². The number of aromatic nitrogens is 2. The third kappa shape index (κ3) is 1.09. The van der Waals surface area contributed by atoms with Gasteiger partial charge in [0, 0.05) is 12.5 Å². The van der Waals surface area contributed by atoms with Crippen molar-refractivity contribution in [2.45, 2.75) is 24.8 Å². The molecule has 3 atom stereocenters. The second-order valence-corrected chi connectivity index (χ2v) is 4.06. The van der Waals surface area contributed by atoms with Gasteiger partial charge in [-0.15, -0.1) is 0 Å². The van der Waals surface area contributed by atoms with Crippen molar-refractivity contribution in [2.75, 3.05) is 13.2 Å². The van der Waals surface area contributed by atoms with Gasteiger partial charge < -0.3 is 14.9 Å². The molecule has 2 bridgehead atoms. The first-order valence-electron chi connectivity index (χ1n) is 5.05. The lowest BCUT2D eigenvalue weighted by atomic mass is 9.74. The Hall–Kier alpha value is -0.940. The van der Waals surface area contributed by atoms with Crippen LogP contribution in [0.5, 0.6) is 0 Å². The van der Waals surface area contributed by atoms with Gasteiger partial charge >= 0.3 is 0 Å². The van der Waals surface area contributed by atoms with Crippen molar-refractivity contribution < 1.29 is 9.63 Å². The van der Waals surface area contributed by atoms with Crippen LogP contribution in [0.25, 0.3) is 0 Å². The number of fused-ring (bicyclic) bond motifs is 1. The summed E-state index contributed by atoms with van der Waals surface area (Å²) in [7, 11) is 0. The topological polar surface area (TPSA) is 71.2 Å². The Morgan fingerprint density at radius 2 is 2.50 bits per heavy atom. The molecule has 0 aromatic carbocycles. The number of nitrogens with zero attached hydrogens (tertiary/aromatic N) is 2. The molecule has 0 spiro atoms. The highest BCUT2D eigenvalue weighted by Crippen LogP contribution is 2.46. The van der Waals surface area contributed by atoms with Crippen molar-refractivity contribution >= 4 is 0 Å². The first-order chi connectivity index (χ1) is 6.88. The largest absolute Gasteiger partial charge is 0.396 e. The molecule has 1 aromatic rings. The molecule has 0 radical (unpaired) electrons. The van der Waals surface area contributed by atoms with Gasteiger partial charge in [0.25, 0.3) is 0 Å². The average Bonchev–Trinajstić information content (AvgIpc) is 2.77. The predicted octanol–water partition coefficient (Wildman–Crippen LogP) is -0.320. The molecular formula is C9H13N3O2. The molecule has 0 amide bonds. The second-order valence-electron chi connectivity index (χ2n) is 4.06. The highest BCUT2D eigenvalue weighted by Gasteiger charge is 2.50. The molecule has 2 aliphatic heterocycles. The van der Waals surface area contributed by atoms with Crippen LogP contribution in [0, 0.1) is 5.92 Å². The third-order valence-electron chi connectivity index (χ3n) is 3.24. The first kappa shape index (κ1) is 8.38. The fourth-order valence-electron chi connectivity index (χ4n) is 2.45. The number of hydrogen-bond donors (Lipinski definition) is 2. The van der Waals surface area contributed by atoms with Crippen molar-refractivity contribution in [1.82, 2.24) is 15.5 Å². The lowest BCUT2D eigenvalue weighted by Crippen LogP contribution is -2.34. The second kappa shape index (κ2) is 3.03. The normalized spacial score (nSPS) is 34.5. The fraction of sp³-hybridized carbons (Fsp3) is 0.778. The number of aliphatic hydroxyl groups is 1. The maximum atomic E-state index is 8.72. The van der Waals surface area contributed by atoms with Gasteiger partial charge in [0.05, 0.1) is 12.5 Å². The maximum Gasteiger partial charge on any atom is 0.231 e. The Balaban J connectivity index is 1.77. The van der Waals surface area contributed by atoms with Crippen LogP contribution >= 0.6 is 0 Å². The molecule has 5 heteroatoms. The lowest BCUT2D eigenvalue weighted by molar-refractivity contribution is 0.230. The Bertz CT molecular complexity index is 325. The van der Waals surface area contributed by atoms with Crippen molar-refractivity contribution in [2.24, 2.45) is 5.92 Å². The summed E-state index contributed by atoms with van der Waals surface area (Å²) in [5.41, 5.74) is 0. The van der Waals surface area contributed by atoms with E-state index >= 15 is 0 Å². The van der Waals surface area contributed by atoms with E-state index in [4.69, 9.17) is 9.63 Å². The van der Waals surface area contributed by atoms with Crippen LogP contribution in [0.2, 0.25) is 0 Å². The van der Waals surface area contributed by atoms with Crippen LogP contribution in [0.15, 0.2) is 4.52 Å². The molecule has 3 heterocycles. The first-order valence-corrected chi connectivity index (χ1v) is 5.05. The van der Waals surface area contributed by atoms with E-state index in [1.54, 1.807) is 0 Å². The summed E-state index contributed by atoms with van der Waals surface area (Å²) in [5.74, 6) is 2.48. The van der Waals surface area contributed by atoms with Crippen LogP contribution in [0.4, 0.5) is 0 Å². The fourth-order valence-corrected chi connectivity index (χ4v) is 2.45. The number of nitrogens with one attached hydrogen (secondary N) is 1. The van der Waals surface area contributed by atoms with E-state index in [0.29, 0.717) is 30.1 Å². The summed E-state index contributed by atoms with van der Waals surface area (Å²) >= 11 is 0. The molecule has 5 nitrogen and oxygen atoms in total. The Morgan fingerprint density at radius 3 is 3.14 bits per heavy atom. The number of rotatable bonds is 3. The third-order valence-corrected chi connectivity index (χ3v) is 3.24. The van der Waals surface area contributed by atoms with Gasteiger partial charge in [0.2, 0.25) is 5.89 Å². The predicted molar refractivity (Wildman–Crippen MR) is 47.7 cm³/mol. The van der Waals surface area contributed by atoms with Crippen LogP contribution in [-0.4, -0.2) is 34.4 Å². The van der Waals surface area contributed by atoms with Gasteiger partial charge in [-0.1, -0.05) is 5.16 Å². The van der Waals surface area contributed by atoms with Crippen molar-refractivity contribution in [3.05, 3.63) is 11.7 Å². The highest BCUT2D eigenvalue weighted by molar-refractivity contribution is 5.15. The molecule has 2 saturated heterocycles. The van der Waals surface area contributed by atoms with Crippen molar-refractivity contribution in [3.8, 4) is 0 Å². The smallest absolute Gasteiger partial charge is 0.231 e. The van der Waals surface area contributed by atoms with E-state index in [1.807, 2.05) is 0 Å². The lowest BCUT2D eigenvalue weighted by Gasteiger charge is -2.30. The summed E-state index contributed by atoms with van der Waals surface area (Å²) in [6, 6.07) is 0.544. The standard InChI is InChI=1S/C9H13N3O2/c13-2-1-7-11-9(14-12-7)8-5-3-6(8)10-4-5/h5-6,8,10,13H,1-4H2.